The van der Waals surface area contributed by atoms with Gasteiger partial charge in [-0.2, -0.15) is 0 Å². The highest BCUT2D eigenvalue weighted by atomic mass is 15.2. The molecule has 14 heavy (non-hydrogen) atoms. The van der Waals surface area contributed by atoms with Crippen LogP contribution in [-0.2, 0) is 0 Å². The molecule has 1 saturated carbocycles. The van der Waals surface area contributed by atoms with E-state index >= 15 is 0 Å². The van der Waals surface area contributed by atoms with Gasteiger partial charge in [-0.05, 0) is 45.6 Å². The van der Waals surface area contributed by atoms with Crippen molar-refractivity contribution in [2.45, 2.75) is 64.6 Å². The molecule has 1 rings (SSSR count). The van der Waals surface area contributed by atoms with Gasteiger partial charge in [0.25, 0.3) is 0 Å². The molecule has 0 radical (unpaired) electrons. The Morgan fingerprint density at radius 1 is 1.07 bits per heavy atom. The van der Waals surface area contributed by atoms with Gasteiger partial charge in [0.05, 0.1) is 0 Å². The first-order chi connectivity index (χ1) is 6.52. The van der Waals surface area contributed by atoms with Crippen molar-refractivity contribution in [2.24, 2.45) is 11.7 Å². The molecule has 0 spiro atoms. The normalized spacial score (nSPS) is 31.1. The molecule has 0 aromatic carbocycles. The summed E-state index contributed by atoms with van der Waals surface area (Å²) in [5.41, 5.74) is 5.91. The lowest BCUT2D eigenvalue weighted by molar-refractivity contribution is 0.114. The van der Waals surface area contributed by atoms with Crippen LogP contribution in [0, 0.1) is 5.92 Å². The molecule has 84 valence electrons. The van der Waals surface area contributed by atoms with Gasteiger partial charge in [0.15, 0.2) is 0 Å². The minimum Gasteiger partial charge on any atom is -0.328 e. The van der Waals surface area contributed by atoms with Gasteiger partial charge in [0.1, 0.15) is 0 Å². The van der Waals surface area contributed by atoms with Crippen molar-refractivity contribution < 1.29 is 0 Å². The van der Waals surface area contributed by atoms with Gasteiger partial charge in [-0.1, -0.05) is 13.8 Å². The second kappa shape index (κ2) is 5.13. The summed E-state index contributed by atoms with van der Waals surface area (Å²) in [5.74, 6) is 0.746. The van der Waals surface area contributed by atoms with E-state index in [0.29, 0.717) is 12.1 Å². The monoisotopic (exact) mass is 198 g/mol. The molecule has 0 aliphatic heterocycles. The Morgan fingerprint density at radius 2 is 1.57 bits per heavy atom. The maximum absolute atomic E-state index is 5.91. The Labute approximate surface area is 88.8 Å². The van der Waals surface area contributed by atoms with E-state index in [1.54, 1.807) is 0 Å². The number of hydrogen-bond donors (Lipinski definition) is 1. The number of nitrogens with zero attached hydrogens (tertiary/aromatic N) is 1. The molecule has 1 unspecified atom stereocenters. The van der Waals surface area contributed by atoms with Crippen molar-refractivity contribution in [2.75, 3.05) is 7.05 Å². The molecule has 1 aliphatic carbocycles. The predicted molar refractivity (Wildman–Crippen MR) is 62.3 cm³/mol. The smallest absolute Gasteiger partial charge is 0.00962 e. The summed E-state index contributed by atoms with van der Waals surface area (Å²) in [7, 11) is 2.27. The zero-order chi connectivity index (χ0) is 10.7. The Kier molecular flexibility index (Phi) is 4.39. The second-order valence-corrected chi connectivity index (χ2v) is 5.22. The van der Waals surface area contributed by atoms with Crippen LogP contribution in [0.1, 0.15) is 46.5 Å². The van der Waals surface area contributed by atoms with E-state index in [1.807, 2.05) is 0 Å². The molecule has 0 saturated heterocycles. The van der Waals surface area contributed by atoms with Gasteiger partial charge in [-0.25, -0.2) is 0 Å². The molecule has 0 amide bonds. The fraction of sp³-hybridized carbons (Fsp3) is 1.00. The fourth-order valence-corrected chi connectivity index (χ4v) is 2.31. The lowest BCUT2D eigenvalue weighted by atomic mass is 9.89. The fourth-order valence-electron chi connectivity index (χ4n) is 2.31. The van der Waals surface area contributed by atoms with Crippen LogP contribution >= 0.6 is 0 Å². The van der Waals surface area contributed by atoms with E-state index in [1.165, 1.54) is 25.7 Å². The van der Waals surface area contributed by atoms with Gasteiger partial charge in [0, 0.05) is 18.1 Å². The number of hydrogen-bond acceptors (Lipinski definition) is 2. The maximum atomic E-state index is 5.91. The molecule has 2 heteroatoms. The molecule has 2 nitrogen and oxygen atoms in total. The summed E-state index contributed by atoms with van der Waals surface area (Å²) in [6, 6.07) is 1.93. The van der Waals surface area contributed by atoms with Crippen molar-refractivity contribution in [3.8, 4) is 0 Å². The van der Waals surface area contributed by atoms with Crippen molar-refractivity contribution >= 4 is 0 Å². The average Bonchev–Trinajstić information content (AvgIpc) is 2.16. The number of nitrogens with two attached hydrogens (primary N) is 1. The van der Waals surface area contributed by atoms with E-state index in [-0.39, 0.29) is 0 Å². The highest BCUT2D eigenvalue weighted by Crippen LogP contribution is 2.24. The quantitative estimate of drug-likeness (QED) is 0.753. The summed E-state index contributed by atoms with van der Waals surface area (Å²) in [5, 5.41) is 0. The standard InChI is InChI=1S/C12H26N2/c1-9(2)10(3)14(4)12-7-5-11(13)6-8-12/h9-12H,5-8,13H2,1-4H3. The summed E-state index contributed by atoms with van der Waals surface area (Å²) in [6.07, 6.45) is 4.99. The SMILES string of the molecule is CC(C)C(C)N(C)C1CCC(N)CC1. The Balaban J connectivity index is 2.41. The highest BCUT2D eigenvalue weighted by Gasteiger charge is 2.25. The van der Waals surface area contributed by atoms with Gasteiger partial charge in [-0.3, -0.25) is 0 Å². The molecule has 1 fully saturated rings. The lowest BCUT2D eigenvalue weighted by Crippen LogP contribution is -2.44. The maximum Gasteiger partial charge on any atom is 0.00962 e. The van der Waals surface area contributed by atoms with E-state index < -0.39 is 0 Å². The number of rotatable bonds is 3. The molecular formula is C12H26N2. The molecule has 0 aromatic heterocycles. The van der Waals surface area contributed by atoms with Crippen LogP contribution in [0.25, 0.3) is 0 Å². The van der Waals surface area contributed by atoms with Gasteiger partial charge >= 0.3 is 0 Å². The predicted octanol–water partition coefficient (Wildman–Crippen LogP) is 2.23. The van der Waals surface area contributed by atoms with E-state index in [2.05, 4.69) is 32.7 Å². The summed E-state index contributed by atoms with van der Waals surface area (Å²) < 4.78 is 0. The Bertz CT molecular complexity index is 160. The first-order valence-electron chi connectivity index (χ1n) is 6.00. The topological polar surface area (TPSA) is 29.3 Å². The van der Waals surface area contributed by atoms with Gasteiger partial charge in [-0.15, -0.1) is 0 Å². The molecule has 1 aliphatic rings. The molecule has 0 bridgehead atoms. The average molecular weight is 198 g/mol. The van der Waals surface area contributed by atoms with Crippen LogP contribution in [0.5, 0.6) is 0 Å². The van der Waals surface area contributed by atoms with Gasteiger partial charge in [0.2, 0.25) is 0 Å². The third-order valence-electron chi connectivity index (χ3n) is 3.92. The first kappa shape index (κ1) is 12.0. The summed E-state index contributed by atoms with van der Waals surface area (Å²) in [4.78, 5) is 2.55. The van der Waals surface area contributed by atoms with Crippen LogP contribution < -0.4 is 5.73 Å². The van der Waals surface area contributed by atoms with Gasteiger partial charge < -0.3 is 10.6 Å². The molecule has 0 heterocycles. The van der Waals surface area contributed by atoms with Crippen LogP contribution in [0.15, 0.2) is 0 Å². The largest absolute Gasteiger partial charge is 0.328 e. The first-order valence-corrected chi connectivity index (χ1v) is 6.00. The lowest BCUT2D eigenvalue weighted by Gasteiger charge is -2.38. The van der Waals surface area contributed by atoms with Crippen LogP contribution in [0.3, 0.4) is 0 Å². The third kappa shape index (κ3) is 2.96. The third-order valence-corrected chi connectivity index (χ3v) is 3.92. The second-order valence-electron chi connectivity index (χ2n) is 5.22. The van der Waals surface area contributed by atoms with Crippen molar-refractivity contribution in [1.29, 1.82) is 0 Å². The highest BCUT2D eigenvalue weighted by molar-refractivity contribution is 4.82. The van der Waals surface area contributed by atoms with E-state index in [0.717, 1.165) is 12.0 Å². The summed E-state index contributed by atoms with van der Waals surface area (Å²) in [6.45, 7) is 6.94. The molecule has 0 aromatic rings. The van der Waals surface area contributed by atoms with E-state index in [4.69, 9.17) is 5.73 Å². The van der Waals surface area contributed by atoms with Crippen molar-refractivity contribution in [3.63, 3.8) is 0 Å². The Morgan fingerprint density at radius 3 is 2.00 bits per heavy atom. The molecule has 1 atom stereocenters. The zero-order valence-electron chi connectivity index (χ0n) is 10.2. The van der Waals surface area contributed by atoms with Crippen LogP contribution in [0.2, 0.25) is 0 Å². The summed E-state index contributed by atoms with van der Waals surface area (Å²) >= 11 is 0. The molecule has 2 N–H and O–H groups in total. The van der Waals surface area contributed by atoms with Crippen molar-refractivity contribution in [1.82, 2.24) is 4.90 Å². The van der Waals surface area contributed by atoms with E-state index in [9.17, 15) is 0 Å². The zero-order valence-corrected chi connectivity index (χ0v) is 10.2. The molecular weight excluding hydrogens is 172 g/mol. The minimum absolute atomic E-state index is 0.467. The minimum atomic E-state index is 0.467. The Hall–Kier alpha value is -0.0800. The van der Waals surface area contributed by atoms with Crippen LogP contribution in [0.4, 0.5) is 0 Å². The van der Waals surface area contributed by atoms with Crippen molar-refractivity contribution in [3.05, 3.63) is 0 Å². The van der Waals surface area contributed by atoms with Crippen LogP contribution in [-0.4, -0.2) is 30.1 Å².